The lowest BCUT2D eigenvalue weighted by atomic mass is 10.2. The third kappa shape index (κ3) is 3.09. The maximum atomic E-state index is 10.5. The number of benzene rings is 1. The van der Waals surface area contributed by atoms with E-state index in [9.17, 15) is 4.79 Å². The first-order valence-electron chi connectivity index (χ1n) is 5.85. The first-order chi connectivity index (χ1) is 9.08. The van der Waals surface area contributed by atoms with Crippen LogP contribution in [0.25, 0.3) is 11.5 Å². The molecule has 100 valence electrons. The Kier molecular flexibility index (Phi) is 3.79. The van der Waals surface area contributed by atoms with Gasteiger partial charge in [0.05, 0.1) is 5.56 Å². The third-order valence-corrected chi connectivity index (χ3v) is 2.43. The first kappa shape index (κ1) is 13.1. The standard InChI is InChI=1S/C13H14N2O4/c1-8(2)12-14-13(19-15-12)9-5-3-4-6-10(9)18-7-11(16)17/h3-6,8H,7H2,1-2H3,(H,16,17). The number of nitrogens with zero attached hydrogens (tertiary/aromatic N) is 2. The number of carboxylic acids is 1. The molecule has 1 N–H and O–H groups in total. The van der Waals surface area contributed by atoms with Gasteiger partial charge in [-0.2, -0.15) is 4.98 Å². The molecule has 0 aliphatic carbocycles. The summed E-state index contributed by atoms with van der Waals surface area (Å²) in [6.45, 7) is 3.51. The van der Waals surface area contributed by atoms with Crippen molar-refractivity contribution >= 4 is 5.97 Å². The van der Waals surface area contributed by atoms with Crippen LogP contribution in [-0.4, -0.2) is 27.8 Å². The minimum atomic E-state index is -1.04. The highest BCUT2D eigenvalue weighted by molar-refractivity contribution is 5.69. The van der Waals surface area contributed by atoms with Crippen LogP contribution in [0.5, 0.6) is 5.75 Å². The predicted octanol–water partition coefficient (Wildman–Crippen LogP) is 2.32. The summed E-state index contributed by atoms with van der Waals surface area (Å²) in [5, 5.41) is 12.5. The Morgan fingerprint density at radius 3 is 2.79 bits per heavy atom. The van der Waals surface area contributed by atoms with Gasteiger partial charge in [0.2, 0.25) is 0 Å². The van der Waals surface area contributed by atoms with Crippen LogP contribution in [0.1, 0.15) is 25.6 Å². The summed E-state index contributed by atoms with van der Waals surface area (Å²) in [7, 11) is 0. The van der Waals surface area contributed by atoms with E-state index >= 15 is 0 Å². The van der Waals surface area contributed by atoms with Gasteiger partial charge in [-0.25, -0.2) is 4.79 Å². The van der Waals surface area contributed by atoms with Gasteiger partial charge < -0.3 is 14.4 Å². The maximum absolute atomic E-state index is 10.5. The number of carboxylic acid groups (broad SMARTS) is 1. The minimum absolute atomic E-state index is 0.157. The molecule has 0 bridgehead atoms. The van der Waals surface area contributed by atoms with Gasteiger partial charge in [0.1, 0.15) is 5.75 Å². The van der Waals surface area contributed by atoms with Gasteiger partial charge in [-0.3, -0.25) is 0 Å². The number of aliphatic carboxylic acids is 1. The largest absolute Gasteiger partial charge is 0.481 e. The Hall–Kier alpha value is -2.37. The van der Waals surface area contributed by atoms with Crippen molar-refractivity contribution in [3.8, 4) is 17.2 Å². The summed E-state index contributed by atoms with van der Waals surface area (Å²) in [5.41, 5.74) is 0.586. The molecule has 6 heteroatoms. The van der Waals surface area contributed by atoms with Crippen molar-refractivity contribution in [3.05, 3.63) is 30.1 Å². The van der Waals surface area contributed by atoms with Crippen molar-refractivity contribution in [2.75, 3.05) is 6.61 Å². The van der Waals surface area contributed by atoms with Crippen molar-refractivity contribution < 1.29 is 19.2 Å². The van der Waals surface area contributed by atoms with E-state index < -0.39 is 12.6 Å². The normalized spacial score (nSPS) is 10.7. The second-order valence-electron chi connectivity index (χ2n) is 4.29. The van der Waals surface area contributed by atoms with Crippen molar-refractivity contribution in [3.63, 3.8) is 0 Å². The monoisotopic (exact) mass is 262 g/mol. The van der Waals surface area contributed by atoms with E-state index in [1.54, 1.807) is 24.3 Å². The van der Waals surface area contributed by atoms with Gasteiger partial charge in [0.15, 0.2) is 12.4 Å². The molecule has 2 aromatic rings. The van der Waals surface area contributed by atoms with Crippen LogP contribution < -0.4 is 4.74 Å². The summed E-state index contributed by atoms with van der Waals surface area (Å²) in [6.07, 6.45) is 0. The van der Waals surface area contributed by atoms with E-state index in [4.69, 9.17) is 14.4 Å². The van der Waals surface area contributed by atoms with Crippen molar-refractivity contribution in [2.45, 2.75) is 19.8 Å². The highest BCUT2D eigenvalue weighted by Gasteiger charge is 2.15. The smallest absolute Gasteiger partial charge is 0.341 e. The Morgan fingerprint density at radius 2 is 2.16 bits per heavy atom. The molecule has 0 aliphatic rings. The molecule has 2 rings (SSSR count). The Bertz CT molecular complexity index is 578. The molecule has 0 fully saturated rings. The Morgan fingerprint density at radius 1 is 1.42 bits per heavy atom. The molecular formula is C13H14N2O4. The molecule has 19 heavy (non-hydrogen) atoms. The minimum Gasteiger partial charge on any atom is -0.481 e. The summed E-state index contributed by atoms with van der Waals surface area (Å²) >= 11 is 0. The molecule has 0 unspecified atom stereocenters. The van der Waals surface area contributed by atoms with Gasteiger partial charge in [0, 0.05) is 5.92 Å². The molecule has 0 radical (unpaired) electrons. The van der Waals surface area contributed by atoms with E-state index in [0.717, 1.165) is 0 Å². The Balaban J connectivity index is 2.30. The number of ether oxygens (including phenoxy) is 1. The second-order valence-corrected chi connectivity index (χ2v) is 4.29. The topological polar surface area (TPSA) is 85.5 Å². The van der Waals surface area contributed by atoms with Crippen molar-refractivity contribution in [1.82, 2.24) is 10.1 Å². The predicted molar refractivity (Wildman–Crippen MR) is 67.0 cm³/mol. The molecule has 0 aliphatic heterocycles. The number of hydrogen-bond acceptors (Lipinski definition) is 5. The molecule has 0 saturated carbocycles. The average molecular weight is 262 g/mol. The molecule has 0 saturated heterocycles. The van der Waals surface area contributed by atoms with Crippen LogP contribution >= 0.6 is 0 Å². The fourth-order valence-electron chi connectivity index (χ4n) is 1.49. The molecule has 1 heterocycles. The average Bonchev–Trinajstić information content (AvgIpc) is 2.86. The summed E-state index contributed by atoms with van der Waals surface area (Å²) < 4.78 is 10.4. The molecule has 6 nitrogen and oxygen atoms in total. The fraction of sp³-hybridized carbons (Fsp3) is 0.308. The highest BCUT2D eigenvalue weighted by atomic mass is 16.5. The zero-order chi connectivity index (χ0) is 13.8. The Labute approximate surface area is 110 Å². The summed E-state index contributed by atoms with van der Waals surface area (Å²) in [4.78, 5) is 14.8. The van der Waals surface area contributed by atoms with E-state index in [1.165, 1.54) is 0 Å². The molecular weight excluding hydrogens is 248 g/mol. The van der Waals surface area contributed by atoms with Gasteiger partial charge in [-0.15, -0.1) is 0 Å². The zero-order valence-electron chi connectivity index (χ0n) is 10.7. The van der Waals surface area contributed by atoms with Gasteiger partial charge in [-0.1, -0.05) is 31.1 Å². The van der Waals surface area contributed by atoms with Crippen molar-refractivity contribution in [1.29, 1.82) is 0 Å². The lowest BCUT2D eigenvalue weighted by molar-refractivity contribution is -0.139. The second kappa shape index (κ2) is 5.51. The number of carbonyl (C=O) groups is 1. The first-order valence-corrected chi connectivity index (χ1v) is 5.85. The van der Waals surface area contributed by atoms with E-state index in [1.807, 2.05) is 13.8 Å². The van der Waals surface area contributed by atoms with Crippen LogP contribution in [0, 0.1) is 0 Å². The lowest BCUT2D eigenvalue weighted by Gasteiger charge is -2.06. The number of hydrogen-bond donors (Lipinski definition) is 1. The molecule has 0 spiro atoms. The van der Waals surface area contributed by atoms with E-state index in [-0.39, 0.29) is 5.92 Å². The highest BCUT2D eigenvalue weighted by Crippen LogP contribution is 2.29. The van der Waals surface area contributed by atoms with Gasteiger partial charge >= 0.3 is 5.97 Å². The SMILES string of the molecule is CC(C)c1noc(-c2ccccc2OCC(=O)O)n1. The number of para-hydroxylation sites is 1. The molecule has 1 aromatic carbocycles. The van der Waals surface area contributed by atoms with Gasteiger partial charge in [-0.05, 0) is 12.1 Å². The van der Waals surface area contributed by atoms with Crippen LogP contribution in [-0.2, 0) is 4.79 Å². The fourth-order valence-corrected chi connectivity index (χ4v) is 1.49. The van der Waals surface area contributed by atoms with E-state index in [2.05, 4.69) is 10.1 Å². The summed E-state index contributed by atoms with van der Waals surface area (Å²) in [5.74, 6) is 0.449. The molecule has 1 aromatic heterocycles. The van der Waals surface area contributed by atoms with Crippen LogP contribution in [0.3, 0.4) is 0 Å². The quantitative estimate of drug-likeness (QED) is 0.890. The number of rotatable bonds is 5. The molecule has 0 amide bonds. The molecule has 0 atom stereocenters. The lowest BCUT2D eigenvalue weighted by Crippen LogP contribution is -2.09. The van der Waals surface area contributed by atoms with Crippen LogP contribution in [0.15, 0.2) is 28.8 Å². The third-order valence-electron chi connectivity index (χ3n) is 2.43. The van der Waals surface area contributed by atoms with E-state index in [0.29, 0.717) is 23.0 Å². The number of aromatic nitrogens is 2. The van der Waals surface area contributed by atoms with Crippen LogP contribution in [0.2, 0.25) is 0 Å². The van der Waals surface area contributed by atoms with Gasteiger partial charge in [0.25, 0.3) is 5.89 Å². The summed E-state index contributed by atoms with van der Waals surface area (Å²) in [6, 6.07) is 6.95. The van der Waals surface area contributed by atoms with Crippen LogP contribution in [0.4, 0.5) is 0 Å². The maximum Gasteiger partial charge on any atom is 0.341 e. The zero-order valence-corrected chi connectivity index (χ0v) is 10.7. The van der Waals surface area contributed by atoms with Crippen molar-refractivity contribution in [2.24, 2.45) is 0 Å².